The third kappa shape index (κ3) is 3.85. The Morgan fingerprint density at radius 3 is 2.43 bits per heavy atom. The highest BCUT2D eigenvalue weighted by atomic mass is 19.4. The number of hydrogen-bond acceptors (Lipinski definition) is 2. The molecule has 1 aromatic carbocycles. The molecule has 1 fully saturated rings. The van der Waals surface area contributed by atoms with Crippen LogP contribution in [0.25, 0.3) is 6.08 Å². The molecule has 1 aliphatic rings. The number of carbonyl (C=O) groups is 1. The Kier molecular flexibility index (Phi) is 4.37. The van der Waals surface area contributed by atoms with E-state index in [0.717, 1.165) is 31.5 Å². The highest BCUT2D eigenvalue weighted by Gasteiger charge is 2.33. The van der Waals surface area contributed by atoms with Crippen LogP contribution in [0, 0.1) is 0 Å². The van der Waals surface area contributed by atoms with Crippen LogP contribution in [0.5, 0.6) is 0 Å². The van der Waals surface area contributed by atoms with Crippen LogP contribution in [0.15, 0.2) is 23.8 Å². The first kappa shape index (κ1) is 15.6. The average molecular weight is 299 g/mol. The molecular formula is C15H16F3NO2. The molecule has 21 heavy (non-hydrogen) atoms. The molecule has 6 heteroatoms. The lowest BCUT2D eigenvalue weighted by Crippen LogP contribution is -2.26. The monoisotopic (exact) mass is 299 g/mol. The van der Waals surface area contributed by atoms with Gasteiger partial charge in [-0.15, -0.1) is 0 Å². The minimum Gasteiger partial charge on any atom is -0.478 e. The Labute approximate surface area is 120 Å². The quantitative estimate of drug-likeness (QED) is 0.908. The highest BCUT2D eigenvalue weighted by Crippen LogP contribution is 2.34. The van der Waals surface area contributed by atoms with Crippen molar-refractivity contribution in [3.63, 3.8) is 0 Å². The van der Waals surface area contributed by atoms with Crippen LogP contribution in [0.4, 0.5) is 13.2 Å². The number of alkyl halides is 3. The number of halogens is 3. The Bertz CT molecular complexity index is 569. The van der Waals surface area contributed by atoms with Crippen LogP contribution in [-0.4, -0.2) is 36.1 Å². The first-order valence-electron chi connectivity index (χ1n) is 6.60. The smallest absolute Gasteiger partial charge is 0.417 e. The molecule has 0 amide bonds. The van der Waals surface area contributed by atoms with Crippen LogP contribution in [0.3, 0.4) is 0 Å². The summed E-state index contributed by atoms with van der Waals surface area (Å²) in [4.78, 5) is 12.9. The third-order valence-electron chi connectivity index (χ3n) is 3.59. The van der Waals surface area contributed by atoms with E-state index < -0.39 is 17.7 Å². The van der Waals surface area contributed by atoms with Crippen molar-refractivity contribution in [2.75, 3.05) is 20.1 Å². The predicted molar refractivity (Wildman–Crippen MR) is 73.1 cm³/mol. The zero-order valence-electron chi connectivity index (χ0n) is 11.6. The molecule has 0 aromatic heterocycles. The van der Waals surface area contributed by atoms with Gasteiger partial charge >= 0.3 is 12.1 Å². The summed E-state index contributed by atoms with van der Waals surface area (Å²) < 4.78 is 39.2. The fraction of sp³-hybridized carbons (Fsp3) is 0.400. The number of likely N-dealkylation sites (tertiary alicyclic amines) is 1. The zero-order valence-corrected chi connectivity index (χ0v) is 11.6. The number of carboxylic acids is 1. The second-order valence-corrected chi connectivity index (χ2v) is 5.21. The number of hydrogen-bond donors (Lipinski definition) is 1. The van der Waals surface area contributed by atoms with Crippen LogP contribution in [0.2, 0.25) is 0 Å². The van der Waals surface area contributed by atoms with Crippen LogP contribution in [0.1, 0.15) is 34.3 Å². The second kappa shape index (κ2) is 5.89. The molecule has 1 aromatic rings. The van der Waals surface area contributed by atoms with Crippen molar-refractivity contribution in [2.24, 2.45) is 0 Å². The van der Waals surface area contributed by atoms with Crippen molar-refractivity contribution in [2.45, 2.75) is 19.0 Å². The number of benzene rings is 1. The van der Waals surface area contributed by atoms with Gasteiger partial charge in [0.2, 0.25) is 0 Å². The largest absolute Gasteiger partial charge is 0.478 e. The number of aromatic carboxylic acids is 1. The van der Waals surface area contributed by atoms with Gasteiger partial charge in [0.25, 0.3) is 0 Å². The fourth-order valence-corrected chi connectivity index (χ4v) is 2.33. The van der Waals surface area contributed by atoms with Gasteiger partial charge < -0.3 is 10.0 Å². The van der Waals surface area contributed by atoms with E-state index in [4.69, 9.17) is 5.11 Å². The van der Waals surface area contributed by atoms with E-state index in [1.165, 1.54) is 12.1 Å². The van der Waals surface area contributed by atoms with Gasteiger partial charge in [0.05, 0.1) is 11.1 Å². The summed E-state index contributed by atoms with van der Waals surface area (Å²) in [6.07, 6.45) is -1.56. The molecule has 1 heterocycles. The van der Waals surface area contributed by atoms with E-state index in [2.05, 4.69) is 4.90 Å². The molecule has 0 radical (unpaired) electrons. The molecular weight excluding hydrogens is 283 g/mol. The van der Waals surface area contributed by atoms with Crippen LogP contribution < -0.4 is 0 Å². The third-order valence-corrected chi connectivity index (χ3v) is 3.59. The Morgan fingerprint density at radius 2 is 1.90 bits per heavy atom. The first-order chi connectivity index (χ1) is 9.77. The maximum absolute atomic E-state index is 13.1. The van der Waals surface area contributed by atoms with E-state index in [-0.39, 0.29) is 11.1 Å². The lowest BCUT2D eigenvalue weighted by molar-refractivity contribution is -0.137. The zero-order chi connectivity index (χ0) is 15.6. The van der Waals surface area contributed by atoms with E-state index >= 15 is 0 Å². The van der Waals surface area contributed by atoms with Crippen molar-refractivity contribution < 1.29 is 23.1 Å². The van der Waals surface area contributed by atoms with Gasteiger partial charge in [-0.1, -0.05) is 17.7 Å². The standard InChI is InChI=1S/C15H16F3NO2/c1-19-6-4-10(5-7-19)8-11-2-3-12(14(20)21)9-13(11)15(16,17)18/h2-3,8-9H,4-7H2,1H3,(H,20,21). The molecule has 0 aliphatic carbocycles. The summed E-state index contributed by atoms with van der Waals surface area (Å²) in [5.74, 6) is -1.36. The molecule has 0 saturated carbocycles. The Balaban J connectivity index is 2.39. The molecule has 114 valence electrons. The van der Waals surface area contributed by atoms with Crippen molar-refractivity contribution in [1.82, 2.24) is 4.90 Å². The predicted octanol–water partition coefficient (Wildman–Crippen LogP) is 3.51. The maximum Gasteiger partial charge on any atom is 0.417 e. The SMILES string of the molecule is CN1CCC(=Cc2ccc(C(=O)O)cc2C(F)(F)F)CC1. The van der Waals surface area contributed by atoms with Gasteiger partial charge in [0.15, 0.2) is 0 Å². The lowest BCUT2D eigenvalue weighted by Gasteiger charge is -2.24. The number of nitrogens with zero attached hydrogens (tertiary/aromatic N) is 1. The Hall–Kier alpha value is -1.82. The molecule has 0 bridgehead atoms. The summed E-state index contributed by atoms with van der Waals surface area (Å²) in [6.45, 7) is 1.64. The van der Waals surface area contributed by atoms with E-state index in [1.807, 2.05) is 7.05 Å². The number of piperidine rings is 1. The van der Waals surface area contributed by atoms with Crippen molar-refractivity contribution >= 4 is 12.0 Å². The van der Waals surface area contributed by atoms with Gasteiger partial charge in [0.1, 0.15) is 0 Å². The van der Waals surface area contributed by atoms with Crippen molar-refractivity contribution in [1.29, 1.82) is 0 Å². The van der Waals surface area contributed by atoms with Gasteiger partial charge in [-0.05, 0) is 37.6 Å². The number of rotatable bonds is 2. The average Bonchev–Trinajstić information content (AvgIpc) is 2.40. The van der Waals surface area contributed by atoms with E-state index in [1.54, 1.807) is 6.08 Å². The van der Waals surface area contributed by atoms with Crippen LogP contribution >= 0.6 is 0 Å². The van der Waals surface area contributed by atoms with E-state index in [9.17, 15) is 18.0 Å². The Morgan fingerprint density at radius 1 is 1.29 bits per heavy atom. The molecule has 3 nitrogen and oxygen atoms in total. The van der Waals surface area contributed by atoms with Gasteiger partial charge in [-0.3, -0.25) is 0 Å². The van der Waals surface area contributed by atoms with Gasteiger partial charge in [-0.25, -0.2) is 4.79 Å². The molecule has 1 N–H and O–H groups in total. The summed E-state index contributed by atoms with van der Waals surface area (Å²) in [5.41, 5.74) is -0.254. The molecule has 2 rings (SSSR count). The fourth-order valence-electron chi connectivity index (χ4n) is 2.33. The van der Waals surface area contributed by atoms with Crippen LogP contribution in [-0.2, 0) is 6.18 Å². The minimum absolute atomic E-state index is 0.0343. The van der Waals surface area contributed by atoms with Crippen molar-refractivity contribution in [3.05, 3.63) is 40.5 Å². The number of carboxylic acid groups (broad SMARTS) is 1. The summed E-state index contributed by atoms with van der Waals surface area (Å²) >= 11 is 0. The highest BCUT2D eigenvalue weighted by molar-refractivity contribution is 5.88. The van der Waals surface area contributed by atoms with E-state index in [0.29, 0.717) is 6.07 Å². The molecule has 0 unspecified atom stereocenters. The van der Waals surface area contributed by atoms with Gasteiger partial charge in [-0.2, -0.15) is 13.2 Å². The molecule has 1 saturated heterocycles. The molecule has 0 spiro atoms. The molecule has 1 aliphatic heterocycles. The second-order valence-electron chi connectivity index (χ2n) is 5.21. The summed E-state index contributed by atoms with van der Waals surface area (Å²) in [6, 6.07) is 3.14. The topological polar surface area (TPSA) is 40.5 Å². The van der Waals surface area contributed by atoms with Crippen molar-refractivity contribution in [3.8, 4) is 0 Å². The summed E-state index contributed by atoms with van der Waals surface area (Å²) in [5, 5.41) is 8.83. The lowest BCUT2D eigenvalue weighted by atomic mass is 9.97. The molecule has 0 atom stereocenters. The maximum atomic E-state index is 13.1. The summed E-state index contributed by atoms with van der Waals surface area (Å²) in [7, 11) is 1.97. The van der Waals surface area contributed by atoms with Gasteiger partial charge in [0, 0.05) is 13.1 Å². The minimum atomic E-state index is -4.57. The first-order valence-corrected chi connectivity index (χ1v) is 6.60. The normalized spacial score (nSPS) is 16.9.